The number of methoxy groups -OCH3 is 1. The standard InChI is InChI=1S/C21H19ClN2O5/c1-10-17(21(27)28-4)11(2)23-18(10)19(25)12(3)29-20(26)14-9-16(22)24-15-8-6-5-7-13(14)15/h5-9,12,23H,1-4H3/t12-/m1/s1. The minimum Gasteiger partial charge on any atom is -0.465 e. The first-order chi connectivity index (χ1) is 13.7. The maximum atomic E-state index is 12.8. The van der Waals surface area contributed by atoms with E-state index in [2.05, 4.69) is 9.97 Å². The molecule has 0 aliphatic rings. The molecule has 0 saturated heterocycles. The fourth-order valence-electron chi connectivity index (χ4n) is 3.20. The van der Waals surface area contributed by atoms with Gasteiger partial charge in [-0.15, -0.1) is 0 Å². The highest BCUT2D eigenvalue weighted by molar-refractivity contribution is 6.30. The van der Waals surface area contributed by atoms with Crippen molar-refractivity contribution in [2.24, 2.45) is 0 Å². The van der Waals surface area contributed by atoms with Gasteiger partial charge in [0, 0.05) is 11.1 Å². The topological polar surface area (TPSA) is 98.4 Å². The Kier molecular flexibility index (Phi) is 5.70. The summed E-state index contributed by atoms with van der Waals surface area (Å²) in [4.78, 5) is 44.5. The Balaban J connectivity index is 1.88. The Morgan fingerprint density at radius 1 is 1.14 bits per heavy atom. The van der Waals surface area contributed by atoms with E-state index in [0.29, 0.717) is 27.7 Å². The molecule has 2 heterocycles. The van der Waals surface area contributed by atoms with Gasteiger partial charge in [-0.1, -0.05) is 29.8 Å². The predicted octanol–water partition coefficient (Wildman–Crippen LogP) is 4.05. The Bertz CT molecular complexity index is 1140. The molecule has 0 fully saturated rings. The van der Waals surface area contributed by atoms with E-state index < -0.39 is 23.8 Å². The van der Waals surface area contributed by atoms with Gasteiger partial charge in [0.25, 0.3) is 0 Å². The number of ether oxygens (including phenoxy) is 2. The van der Waals surface area contributed by atoms with Crippen molar-refractivity contribution >= 4 is 40.2 Å². The Morgan fingerprint density at radius 2 is 1.83 bits per heavy atom. The number of hydrogen-bond donors (Lipinski definition) is 1. The number of benzene rings is 1. The number of H-pyrrole nitrogens is 1. The maximum absolute atomic E-state index is 12.8. The van der Waals surface area contributed by atoms with E-state index in [1.807, 2.05) is 0 Å². The Labute approximate surface area is 172 Å². The maximum Gasteiger partial charge on any atom is 0.339 e. The van der Waals surface area contributed by atoms with Crippen LogP contribution in [0.1, 0.15) is 49.4 Å². The van der Waals surface area contributed by atoms with E-state index in [4.69, 9.17) is 21.1 Å². The second kappa shape index (κ2) is 8.05. The molecule has 29 heavy (non-hydrogen) atoms. The number of rotatable bonds is 5. The van der Waals surface area contributed by atoms with Crippen LogP contribution in [0, 0.1) is 13.8 Å². The molecule has 0 bridgehead atoms. The molecular formula is C21H19ClN2O5. The lowest BCUT2D eigenvalue weighted by Gasteiger charge is -2.13. The number of hydrogen-bond acceptors (Lipinski definition) is 6. The first-order valence-corrected chi connectivity index (χ1v) is 9.20. The van der Waals surface area contributed by atoms with Crippen molar-refractivity contribution < 1.29 is 23.9 Å². The summed E-state index contributed by atoms with van der Waals surface area (Å²) in [7, 11) is 1.27. The number of carbonyl (C=O) groups is 3. The number of nitrogens with zero attached hydrogens (tertiary/aromatic N) is 1. The van der Waals surface area contributed by atoms with Gasteiger partial charge >= 0.3 is 11.9 Å². The zero-order chi connectivity index (χ0) is 21.3. The van der Waals surface area contributed by atoms with Gasteiger partial charge < -0.3 is 14.5 Å². The molecule has 0 spiro atoms. The fourth-order valence-corrected chi connectivity index (χ4v) is 3.40. The number of aromatic amines is 1. The molecule has 1 atom stereocenters. The third-order valence-electron chi connectivity index (χ3n) is 4.63. The first-order valence-electron chi connectivity index (χ1n) is 8.82. The van der Waals surface area contributed by atoms with E-state index in [0.717, 1.165) is 0 Å². The zero-order valence-electron chi connectivity index (χ0n) is 16.3. The number of fused-ring (bicyclic) bond motifs is 1. The first kappa shape index (κ1) is 20.5. The molecular weight excluding hydrogens is 396 g/mol. The third-order valence-corrected chi connectivity index (χ3v) is 4.82. The molecule has 1 N–H and O–H groups in total. The van der Waals surface area contributed by atoms with Crippen LogP contribution in [0.25, 0.3) is 10.9 Å². The van der Waals surface area contributed by atoms with Gasteiger partial charge in [0.05, 0.1) is 29.4 Å². The average Bonchev–Trinajstić information content (AvgIpc) is 2.99. The Hall–Kier alpha value is -3.19. The average molecular weight is 415 g/mol. The summed E-state index contributed by atoms with van der Waals surface area (Å²) >= 11 is 6.01. The van der Waals surface area contributed by atoms with Gasteiger partial charge in [-0.25, -0.2) is 14.6 Å². The molecule has 0 radical (unpaired) electrons. The van der Waals surface area contributed by atoms with E-state index >= 15 is 0 Å². The van der Waals surface area contributed by atoms with Gasteiger partial charge in [-0.05, 0) is 38.5 Å². The molecule has 7 nitrogen and oxygen atoms in total. The minimum absolute atomic E-state index is 0.146. The van der Waals surface area contributed by atoms with Crippen LogP contribution in [-0.4, -0.2) is 40.9 Å². The van der Waals surface area contributed by atoms with Crippen LogP contribution in [0.2, 0.25) is 5.15 Å². The number of ketones is 1. The number of para-hydroxylation sites is 1. The predicted molar refractivity (Wildman–Crippen MR) is 108 cm³/mol. The van der Waals surface area contributed by atoms with Crippen molar-refractivity contribution in [1.82, 2.24) is 9.97 Å². The second-order valence-corrected chi connectivity index (χ2v) is 6.93. The lowest BCUT2D eigenvalue weighted by Crippen LogP contribution is -2.25. The second-order valence-electron chi connectivity index (χ2n) is 6.54. The SMILES string of the molecule is COC(=O)c1c(C)[nH]c(C(=O)[C@@H](C)OC(=O)c2cc(Cl)nc3ccccc23)c1C. The third kappa shape index (κ3) is 3.86. The molecule has 2 aromatic heterocycles. The van der Waals surface area contributed by atoms with Crippen molar-refractivity contribution in [2.45, 2.75) is 26.9 Å². The molecule has 0 unspecified atom stereocenters. The number of aryl methyl sites for hydroxylation is 1. The highest BCUT2D eigenvalue weighted by Crippen LogP contribution is 2.24. The number of pyridine rings is 1. The van der Waals surface area contributed by atoms with Crippen molar-refractivity contribution in [3.63, 3.8) is 0 Å². The molecule has 8 heteroatoms. The van der Waals surface area contributed by atoms with Crippen LogP contribution in [0.15, 0.2) is 30.3 Å². The van der Waals surface area contributed by atoms with Gasteiger partial charge in [-0.3, -0.25) is 4.79 Å². The van der Waals surface area contributed by atoms with Gasteiger partial charge in [-0.2, -0.15) is 0 Å². The van der Waals surface area contributed by atoms with E-state index in [1.54, 1.807) is 38.1 Å². The summed E-state index contributed by atoms with van der Waals surface area (Å²) in [6, 6.07) is 8.41. The molecule has 0 saturated carbocycles. The number of aromatic nitrogens is 2. The lowest BCUT2D eigenvalue weighted by atomic mass is 10.1. The molecule has 150 valence electrons. The summed E-state index contributed by atoms with van der Waals surface area (Å²) in [5, 5.41) is 0.717. The van der Waals surface area contributed by atoms with Gasteiger partial charge in [0.1, 0.15) is 5.15 Å². The minimum atomic E-state index is -1.09. The smallest absolute Gasteiger partial charge is 0.339 e. The quantitative estimate of drug-likeness (QED) is 0.384. The number of carbonyl (C=O) groups excluding carboxylic acids is 3. The molecule has 1 aromatic carbocycles. The van der Waals surface area contributed by atoms with Gasteiger partial charge in [0.2, 0.25) is 5.78 Å². The highest BCUT2D eigenvalue weighted by atomic mass is 35.5. The van der Waals surface area contributed by atoms with Crippen molar-refractivity contribution in [3.8, 4) is 0 Å². The van der Waals surface area contributed by atoms with Crippen LogP contribution in [0.5, 0.6) is 0 Å². The van der Waals surface area contributed by atoms with Crippen LogP contribution in [-0.2, 0) is 9.47 Å². The fraction of sp³-hybridized carbons (Fsp3) is 0.238. The number of halogens is 1. The zero-order valence-corrected chi connectivity index (χ0v) is 17.1. The largest absolute Gasteiger partial charge is 0.465 e. The summed E-state index contributed by atoms with van der Waals surface area (Å²) in [6.45, 7) is 4.77. The number of nitrogens with one attached hydrogen (secondary N) is 1. The van der Waals surface area contributed by atoms with Crippen molar-refractivity contribution in [1.29, 1.82) is 0 Å². The van der Waals surface area contributed by atoms with Crippen molar-refractivity contribution in [2.75, 3.05) is 7.11 Å². The molecule has 0 aliphatic heterocycles. The monoisotopic (exact) mass is 414 g/mol. The molecule has 0 amide bonds. The van der Waals surface area contributed by atoms with Crippen LogP contribution < -0.4 is 0 Å². The number of esters is 2. The van der Waals surface area contributed by atoms with Crippen LogP contribution >= 0.6 is 11.6 Å². The summed E-state index contributed by atoms with van der Waals surface area (Å²) < 4.78 is 10.1. The Morgan fingerprint density at radius 3 is 2.52 bits per heavy atom. The summed E-state index contributed by atoms with van der Waals surface area (Å²) in [6.07, 6.45) is -1.09. The normalized spacial score (nSPS) is 11.9. The molecule has 3 rings (SSSR count). The van der Waals surface area contributed by atoms with Crippen LogP contribution in [0.3, 0.4) is 0 Å². The van der Waals surface area contributed by atoms with E-state index in [1.165, 1.54) is 20.1 Å². The number of Topliss-reactive ketones (excluding diaryl/α,β-unsaturated/α-hetero) is 1. The lowest BCUT2D eigenvalue weighted by molar-refractivity contribution is 0.0318. The van der Waals surface area contributed by atoms with E-state index in [9.17, 15) is 14.4 Å². The van der Waals surface area contributed by atoms with Crippen molar-refractivity contribution in [3.05, 3.63) is 63.6 Å². The highest BCUT2D eigenvalue weighted by Gasteiger charge is 2.28. The summed E-state index contributed by atoms with van der Waals surface area (Å²) in [5.74, 6) is -1.70. The molecule has 0 aliphatic carbocycles. The summed E-state index contributed by atoms with van der Waals surface area (Å²) in [5.41, 5.74) is 2.20. The van der Waals surface area contributed by atoms with Gasteiger partial charge in [0.15, 0.2) is 6.10 Å². The molecule has 3 aromatic rings. The van der Waals surface area contributed by atoms with Crippen LogP contribution in [0.4, 0.5) is 0 Å². The van der Waals surface area contributed by atoms with E-state index in [-0.39, 0.29) is 16.4 Å².